The molecule has 1 aromatic rings. The second-order valence-electron chi connectivity index (χ2n) is 8.26. The third-order valence-corrected chi connectivity index (χ3v) is 7.59. The van der Waals surface area contributed by atoms with Crippen molar-refractivity contribution < 1.29 is 26.3 Å². The average molecular weight is 456 g/mol. The Morgan fingerprint density at radius 1 is 0.667 bits per heavy atom. The zero-order chi connectivity index (χ0) is 23.6. The van der Waals surface area contributed by atoms with Gasteiger partial charge >= 0.3 is 12.4 Å². The average Bonchev–Trinajstić information content (AvgIpc) is 2.51. The summed E-state index contributed by atoms with van der Waals surface area (Å²) < 4.78 is 86.0. The van der Waals surface area contributed by atoms with Crippen molar-refractivity contribution in [2.24, 2.45) is 0 Å². The molecule has 0 amide bonds. The van der Waals surface area contributed by atoms with Gasteiger partial charge in [0.2, 0.25) is 0 Å². The molecule has 0 radical (unpaired) electrons. The Kier molecular flexibility index (Phi) is 8.90. The van der Waals surface area contributed by atoms with Gasteiger partial charge in [-0.05, 0) is 67.5 Å². The van der Waals surface area contributed by atoms with E-state index in [9.17, 15) is 26.3 Å². The molecule has 0 aliphatic heterocycles. The summed E-state index contributed by atoms with van der Waals surface area (Å²) in [6, 6.07) is 1.77. The molecule has 1 aromatic carbocycles. The number of hydrogen-bond donors (Lipinski definition) is 0. The van der Waals surface area contributed by atoms with Crippen LogP contribution in [0.15, 0.2) is 18.2 Å². The number of nitrogens with zero attached hydrogens (tertiary/aromatic N) is 2. The van der Waals surface area contributed by atoms with Gasteiger partial charge in [-0.25, -0.2) is 9.34 Å². The summed E-state index contributed by atoms with van der Waals surface area (Å²) in [6.45, 7) is 15.1. The summed E-state index contributed by atoms with van der Waals surface area (Å²) in [6.07, 6.45) is -9.85. The maximum Gasteiger partial charge on any atom is 0.417 e. The molecule has 2 nitrogen and oxygen atoms in total. The van der Waals surface area contributed by atoms with Crippen molar-refractivity contribution in [1.82, 2.24) is 9.34 Å². The lowest BCUT2D eigenvalue weighted by atomic mass is 10.0. The fourth-order valence-corrected chi connectivity index (χ4v) is 6.21. The highest BCUT2D eigenvalue weighted by Crippen LogP contribution is 2.44. The van der Waals surface area contributed by atoms with E-state index in [2.05, 4.69) is 5.63 Å². The lowest BCUT2D eigenvalue weighted by Gasteiger charge is -2.40. The van der Waals surface area contributed by atoms with Crippen LogP contribution in [0.2, 0.25) is 0 Å². The zero-order valence-electron chi connectivity index (χ0n) is 18.7. The van der Waals surface area contributed by atoms with Crippen LogP contribution in [0, 0.1) is 5.63 Å². The number of halogens is 6. The largest absolute Gasteiger partial charge is 0.417 e. The van der Waals surface area contributed by atoms with E-state index in [1.807, 2.05) is 64.7 Å². The molecule has 0 aliphatic rings. The Balaban J connectivity index is 4.14. The predicted molar refractivity (Wildman–Crippen MR) is 111 cm³/mol. The van der Waals surface area contributed by atoms with Gasteiger partial charge in [-0.15, -0.1) is 0 Å². The van der Waals surface area contributed by atoms with Crippen molar-refractivity contribution >= 4 is 7.68 Å². The smallest absolute Gasteiger partial charge is 0.241 e. The van der Waals surface area contributed by atoms with E-state index in [1.54, 1.807) is 0 Å². The van der Waals surface area contributed by atoms with Crippen molar-refractivity contribution in [3.05, 3.63) is 34.9 Å². The summed E-state index contributed by atoms with van der Waals surface area (Å²) in [5.41, 5.74) is -0.814. The van der Waals surface area contributed by atoms with Crippen molar-refractivity contribution in [3.63, 3.8) is 0 Å². The minimum Gasteiger partial charge on any atom is -0.241 e. The lowest BCUT2D eigenvalue weighted by molar-refractivity contribution is -0.143. The molecule has 0 atom stereocenters. The molecule has 9 heteroatoms. The molecule has 0 heterocycles. The van der Waals surface area contributed by atoms with Gasteiger partial charge < -0.3 is 0 Å². The number of hydrogen-bond acceptors (Lipinski definition) is 2. The van der Waals surface area contributed by atoms with Gasteiger partial charge in [-0.1, -0.05) is 11.7 Å². The highest BCUT2D eigenvalue weighted by molar-refractivity contribution is 7.42. The molecule has 0 N–H and O–H groups in total. The highest BCUT2D eigenvalue weighted by atomic mass is 31.1. The minimum atomic E-state index is -4.93. The van der Waals surface area contributed by atoms with Gasteiger partial charge in [0.1, 0.15) is 0 Å². The second-order valence-corrected chi connectivity index (χ2v) is 9.99. The lowest BCUT2D eigenvalue weighted by Crippen LogP contribution is -2.39. The van der Waals surface area contributed by atoms with Crippen molar-refractivity contribution in [1.29, 1.82) is 0 Å². The van der Waals surface area contributed by atoms with Crippen LogP contribution >= 0.6 is 7.68 Å². The first-order valence-electron chi connectivity index (χ1n) is 9.90. The van der Waals surface area contributed by atoms with E-state index in [4.69, 9.17) is 0 Å². The second kappa shape index (κ2) is 9.95. The first-order chi connectivity index (χ1) is 13.5. The molecule has 0 aromatic heterocycles. The summed E-state index contributed by atoms with van der Waals surface area (Å²) in [5.74, 6) is 0. The van der Waals surface area contributed by atoms with Crippen molar-refractivity contribution in [2.75, 3.05) is 0 Å². The molecule has 0 spiro atoms. The molecule has 0 unspecified atom stereocenters. The molecular formula is C21H31F6N2P. The van der Waals surface area contributed by atoms with Crippen molar-refractivity contribution in [2.45, 2.75) is 91.9 Å². The van der Waals surface area contributed by atoms with Gasteiger partial charge in [0, 0.05) is 37.4 Å². The van der Waals surface area contributed by atoms with E-state index in [1.165, 1.54) is 0 Å². The summed E-state index contributed by atoms with van der Waals surface area (Å²) in [7, 11) is -1.73. The number of benzene rings is 1. The molecule has 30 heavy (non-hydrogen) atoms. The molecule has 1 rings (SSSR count). The maximum atomic E-state index is 13.7. The third-order valence-electron chi connectivity index (χ3n) is 4.44. The van der Waals surface area contributed by atoms with E-state index in [0.717, 1.165) is 6.07 Å². The van der Waals surface area contributed by atoms with Crippen LogP contribution < -0.4 is 0 Å². The first-order valence-corrected chi connectivity index (χ1v) is 11.2. The molecule has 0 bridgehead atoms. The van der Waals surface area contributed by atoms with Crippen LogP contribution in [-0.2, 0) is 12.4 Å². The Morgan fingerprint density at radius 3 is 1.20 bits per heavy atom. The third kappa shape index (κ3) is 6.40. The first kappa shape index (κ1) is 26.8. The molecule has 0 saturated heterocycles. The highest BCUT2D eigenvalue weighted by Gasteiger charge is 2.40. The molecule has 0 aliphatic carbocycles. The van der Waals surface area contributed by atoms with Gasteiger partial charge in [0.25, 0.3) is 0 Å². The minimum absolute atomic E-state index is 0.101. The van der Waals surface area contributed by atoms with Crippen molar-refractivity contribution in [3.8, 4) is 5.63 Å². The van der Waals surface area contributed by atoms with E-state index in [0.29, 0.717) is 12.1 Å². The quantitative estimate of drug-likeness (QED) is 0.340. The molecule has 0 fully saturated rings. The zero-order valence-corrected chi connectivity index (χ0v) is 19.5. The number of alkyl halides is 6. The standard InChI is InChI=1S/C21H31F6N2P/c1-13(2)28(14(3)4)30(29(15(5)6)16(7)8)12-17-18(20(22,23)24)10-9-11-19(17)21(25,26)27/h9-11,13-16H,1-8H3. The fraction of sp³-hybridized carbons (Fsp3) is 0.667. The van der Waals surface area contributed by atoms with Gasteiger partial charge in [0.15, 0.2) is 0 Å². The molecular weight excluding hydrogens is 425 g/mol. The van der Waals surface area contributed by atoms with Gasteiger partial charge in [0.05, 0.1) is 11.1 Å². The maximum absolute atomic E-state index is 13.7. The SMILES string of the molecule is CC(C)N(C(C)C)P(#Cc1c(C(F)(F)F)cccc1C(F)(F)F)N(C(C)C)C(C)C. The van der Waals surface area contributed by atoms with Crippen LogP contribution in [0.5, 0.6) is 0 Å². The van der Waals surface area contributed by atoms with E-state index >= 15 is 0 Å². The molecule has 0 saturated carbocycles. The van der Waals surface area contributed by atoms with Crippen LogP contribution in [-0.4, -0.2) is 33.5 Å². The topological polar surface area (TPSA) is 6.48 Å². The fourth-order valence-electron chi connectivity index (χ4n) is 3.55. The van der Waals surface area contributed by atoms with Crippen LogP contribution in [0.4, 0.5) is 26.3 Å². The van der Waals surface area contributed by atoms with Gasteiger partial charge in [-0.3, -0.25) is 0 Å². The van der Waals surface area contributed by atoms with E-state index < -0.39 is 36.7 Å². The van der Waals surface area contributed by atoms with Crippen LogP contribution in [0.3, 0.4) is 0 Å². The number of rotatable bonds is 4. The Hall–Kier alpha value is -1.20. The Morgan fingerprint density at radius 2 is 0.967 bits per heavy atom. The normalized spacial score (nSPS) is 13.3. The predicted octanol–water partition coefficient (Wildman–Crippen LogP) is 7.58. The summed E-state index contributed by atoms with van der Waals surface area (Å²) in [5, 5.41) is 0. The summed E-state index contributed by atoms with van der Waals surface area (Å²) >= 11 is 0. The van der Waals surface area contributed by atoms with Gasteiger partial charge in [-0.2, -0.15) is 26.3 Å². The van der Waals surface area contributed by atoms with Crippen LogP contribution in [0.25, 0.3) is 0 Å². The van der Waals surface area contributed by atoms with E-state index in [-0.39, 0.29) is 24.2 Å². The monoisotopic (exact) mass is 456 g/mol. The molecule has 172 valence electrons. The Labute approximate surface area is 176 Å². The van der Waals surface area contributed by atoms with Crippen LogP contribution in [0.1, 0.15) is 72.1 Å². The summed E-state index contributed by atoms with van der Waals surface area (Å²) in [4.78, 5) is 0. The Bertz CT molecular complexity index is 725.